The zero-order chi connectivity index (χ0) is 65.7. The number of phosphoric ester groups is 2. The fraction of sp³-hybridized carbons (Fsp3) is 0.943. The molecule has 0 saturated carbocycles. The highest BCUT2D eigenvalue weighted by atomic mass is 31.2. The standard InChI is InChI=1S/C70H136O17P2/c1-7-11-13-15-16-17-29-36-42-48-54-69(74)86-65(58-80-67(72)52-46-38-14-12-8-2)60-84-88(76,77)82-56-64(71)57-83-89(78,79)85-61-66(59-81-68(73)53-47-41-35-32-31-34-40-45-51-63(6)10-4)87-70(75)55-49-43-37-30-27-25-23-21-19-18-20-22-24-26-28-33-39-44-50-62(5)9-3/h62-66,71H,7-61H2,1-6H3,(H,76,77)(H,78,79)/t62?,63?,64-,65+,66+/m0/s1. The number of esters is 4. The lowest BCUT2D eigenvalue weighted by molar-refractivity contribution is -0.161. The number of rotatable bonds is 69. The monoisotopic (exact) mass is 1310 g/mol. The van der Waals surface area contributed by atoms with E-state index < -0.39 is 97.5 Å². The highest BCUT2D eigenvalue weighted by Crippen LogP contribution is 2.45. The first-order valence-corrected chi connectivity index (χ1v) is 39.6. The van der Waals surface area contributed by atoms with Gasteiger partial charge in [0.25, 0.3) is 0 Å². The number of carbonyl (C=O) groups excluding carboxylic acids is 4. The molecule has 4 unspecified atom stereocenters. The second-order valence-corrected chi connectivity index (χ2v) is 28.7. The van der Waals surface area contributed by atoms with Crippen molar-refractivity contribution < 1.29 is 80.2 Å². The summed E-state index contributed by atoms with van der Waals surface area (Å²) >= 11 is 0. The second kappa shape index (κ2) is 62.2. The second-order valence-electron chi connectivity index (χ2n) is 25.8. The van der Waals surface area contributed by atoms with Gasteiger partial charge in [-0.3, -0.25) is 37.3 Å². The number of aliphatic hydroxyl groups excluding tert-OH is 1. The Morgan fingerprint density at radius 2 is 0.539 bits per heavy atom. The zero-order valence-corrected chi connectivity index (χ0v) is 59.5. The summed E-state index contributed by atoms with van der Waals surface area (Å²) in [6, 6.07) is 0. The van der Waals surface area contributed by atoms with Crippen LogP contribution in [0.25, 0.3) is 0 Å². The van der Waals surface area contributed by atoms with Crippen LogP contribution in [-0.4, -0.2) is 96.7 Å². The highest BCUT2D eigenvalue weighted by molar-refractivity contribution is 7.47. The molecule has 0 aromatic rings. The van der Waals surface area contributed by atoms with Gasteiger partial charge in [-0.15, -0.1) is 0 Å². The maximum atomic E-state index is 13.0. The van der Waals surface area contributed by atoms with E-state index in [0.29, 0.717) is 25.7 Å². The van der Waals surface area contributed by atoms with E-state index in [0.717, 1.165) is 108 Å². The van der Waals surface area contributed by atoms with E-state index in [-0.39, 0.29) is 25.7 Å². The third-order valence-corrected chi connectivity index (χ3v) is 18.8. The molecule has 0 spiro atoms. The summed E-state index contributed by atoms with van der Waals surface area (Å²) in [5.41, 5.74) is 0. The lowest BCUT2D eigenvalue weighted by atomic mass is 9.99. The summed E-state index contributed by atoms with van der Waals surface area (Å²) in [4.78, 5) is 72.2. The molecule has 0 aromatic carbocycles. The fourth-order valence-electron chi connectivity index (χ4n) is 10.5. The van der Waals surface area contributed by atoms with Gasteiger partial charge in [0.15, 0.2) is 12.2 Å². The van der Waals surface area contributed by atoms with Crippen molar-refractivity contribution in [3.63, 3.8) is 0 Å². The molecule has 3 N–H and O–H groups in total. The Morgan fingerprint density at radius 1 is 0.315 bits per heavy atom. The van der Waals surface area contributed by atoms with Crippen LogP contribution in [-0.2, 0) is 65.4 Å². The molecule has 7 atom stereocenters. The van der Waals surface area contributed by atoms with Crippen LogP contribution in [0.15, 0.2) is 0 Å². The normalized spacial score (nSPS) is 14.8. The molecule has 0 saturated heterocycles. The van der Waals surface area contributed by atoms with Crippen molar-refractivity contribution in [3.8, 4) is 0 Å². The maximum absolute atomic E-state index is 13.0. The van der Waals surface area contributed by atoms with Gasteiger partial charge in [-0.05, 0) is 37.5 Å². The van der Waals surface area contributed by atoms with E-state index in [4.69, 9.17) is 37.0 Å². The molecule has 0 fully saturated rings. The zero-order valence-electron chi connectivity index (χ0n) is 57.7. The molecule has 528 valence electrons. The largest absolute Gasteiger partial charge is 0.472 e. The molecule has 89 heavy (non-hydrogen) atoms. The molecule has 17 nitrogen and oxygen atoms in total. The first-order chi connectivity index (χ1) is 42.9. The summed E-state index contributed by atoms with van der Waals surface area (Å²) in [7, 11) is -9.89. The van der Waals surface area contributed by atoms with Crippen LogP contribution in [0.1, 0.15) is 356 Å². The van der Waals surface area contributed by atoms with Gasteiger partial charge < -0.3 is 33.8 Å². The first kappa shape index (κ1) is 87.1. The van der Waals surface area contributed by atoms with Gasteiger partial charge in [0.1, 0.15) is 19.3 Å². The molecule has 0 aliphatic carbocycles. The molecular weight excluding hydrogens is 1170 g/mol. The van der Waals surface area contributed by atoms with Gasteiger partial charge in [0.05, 0.1) is 26.4 Å². The molecule has 0 aromatic heterocycles. The Balaban J connectivity index is 5.09. The van der Waals surface area contributed by atoms with Crippen LogP contribution >= 0.6 is 15.6 Å². The topological polar surface area (TPSA) is 237 Å². The van der Waals surface area contributed by atoms with E-state index in [1.165, 1.54) is 167 Å². The van der Waals surface area contributed by atoms with E-state index in [1.54, 1.807) is 0 Å². The average molecular weight is 1310 g/mol. The molecule has 0 bridgehead atoms. The number of ether oxygens (including phenoxy) is 4. The molecule has 0 aliphatic rings. The summed E-state index contributed by atoms with van der Waals surface area (Å²) in [5, 5.41) is 10.5. The van der Waals surface area contributed by atoms with Gasteiger partial charge in [0.2, 0.25) is 0 Å². The van der Waals surface area contributed by atoms with Gasteiger partial charge in [-0.25, -0.2) is 9.13 Å². The fourth-order valence-corrected chi connectivity index (χ4v) is 12.1. The highest BCUT2D eigenvalue weighted by Gasteiger charge is 2.30. The Labute approximate surface area is 543 Å². The number of phosphoric acid groups is 2. The third kappa shape index (κ3) is 62.0. The van der Waals surface area contributed by atoms with Crippen molar-refractivity contribution in [2.45, 2.75) is 374 Å². The molecule has 0 radical (unpaired) electrons. The van der Waals surface area contributed by atoms with Gasteiger partial charge in [-0.1, -0.05) is 305 Å². The number of carbonyl (C=O) groups is 4. The minimum Gasteiger partial charge on any atom is -0.462 e. The van der Waals surface area contributed by atoms with E-state index >= 15 is 0 Å². The summed E-state index contributed by atoms with van der Waals surface area (Å²) in [6.45, 7) is 9.51. The minimum absolute atomic E-state index is 0.105. The summed E-state index contributed by atoms with van der Waals surface area (Å²) in [5.74, 6) is -0.489. The number of aliphatic hydroxyl groups is 1. The molecule has 0 heterocycles. The predicted molar refractivity (Wildman–Crippen MR) is 358 cm³/mol. The summed E-state index contributed by atoms with van der Waals surface area (Å²) in [6.07, 6.45) is 47.6. The molecule has 0 amide bonds. The Kier molecular flexibility index (Phi) is 60.8. The number of hydrogen-bond acceptors (Lipinski definition) is 15. The van der Waals surface area contributed by atoms with Gasteiger partial charge in [-0.2, -0.15) is 0 Å². The number of unbranched alkanes of at least 4 members (excludes halogenated alkanes) is 37. The predicted octanol–water partition coefficient (Wildman–Crippen LogP) is 20.0. The van der Waals surface area contributed by atoms with Crippen LogP contribution in [0.4, 0.5) is 0 Å². The van der Waals surface area contributed by atoms with Crippen molar-refractivity contribution in [2.75, 3.05) is 39.6 Å². The molecular formula is C70H136O17P2. The van der Waals surface area contributed by atoms with Crippen molar-refractivity contribution in [1.82, 2.24) is 0 Å². The third-order valence-electron chi connectivity index (χ3n) is 16.9. The van der Waals surface area contributed by atoms with E-state index in [9.17, 15) is 43.2 Å². The molecule has 0 rings (SSSR count). The minimum atomic E-state index is -4.95. The van der Waals surface area contributed by atoms with E-state index in [2.05, 4.69) is 41.5 Å². The van der Waals surface area contributed by atoms with Crippen LogP contribution in [0.3, 0.4) is 0 Å². The van der Waals surface area contributed by atoms with Gasteiger partial charge >= 0.3 is 39.5 Å². The molecule has 0 aliphatic heterocycles. The van der Waals surface area contributed by atoms with Crippen molar-refractivity contribution >= 4 is 39.5 Å². The van der Waals surface area contributed by atoms with E-state index in [1.807, 2.05) is 0 Å². The van der Waals surface area contributed by atoms with Gasteiger partial charge in [0, 0.05) is 25.7 Å². The SMILES string of the molecule is CCCCCCCCCCCCC(=O)O[C@H](COC(=O)CCCCCCC)COP(=O)(O)OC[C@H](O)COP(=O)(O)OC[C@@H](COC(=O)CCCCCCCCCCC(C)CC)OC(=O)CCCCCCCCCCCCCCCCCCCCC(C)CC. The average Bonchev–Trinajstić information content (AvgIpc) is 3.53. The van der Waals surface area contributed by atoms with Crippen LogP contribution in [0, 0.1) is 11.8 Å². The quantitative estimate of drug-likeness (QED) is 0.0222. The van der Waals surface area contributed by atoms with Crippen molar-refractivity contribution in [1.29, 1.82) is 0 Å². The van der Waals surface area contributed by atoms with Crippen LogP contribution in [0.5, 0.6) is 0 Å². The summed E-state index contributed by atoms with van der Waals surface area (Å²) < 4.78 is 68.0. The molecule has 19 heteroatoms. The Morgan fingerprint density at radius 3 is 0.798 bits per heavy atom. The maximum Gasteiger partial charge on any atom is 0.472 e. The van der Waals surface area contributed by atoms with Crippen molar-refractivity contribution in [3.05, 3.63) is 0 Å². The van der Waals surface area contributed by atoms with Crippen LogP contribution < -0.4 is 0 Å². The first-order valence-electron chi connectivity index (χ1n) is 36.6. The lowest BCUT2D eigenvalue weighted by Crippen LogP contribution is -2.30. The number of hydrogen-bond donors (Lipinski definition) is 3. The van der Waals surface area contributed by atoms with Crippen LogP contribution in [0.2, 0.25) is 0 Å². The lowest BCUT2D eigenvalue weighted by Gasteiger charge is -2.21. The van der Waals surface area contributed by atoms with Crippen molar-refractivity contribution in [2.24, 2.45) is 11.8 Å². The Hall–Kier alpha value is -1.94. The Bertz CT molecular complexity index is 1740. The smallest absolute Gasteiger partial charge is 0.462 e.